The fourth-order valence-electron chi connectivity index (χ4n) is 4.10. The number of nitrogens with zero attached hydrogens (tertiary/aromatic N) is 2. The Balaban J connectivity index is 1.88. The van der Waals surface area contributed by atoms with Crippen LogP contribution in [-0.2, 0) is 9.59 Å². The summed E-state index contributed by atoms with van der Waals surface area (Å²) in [7, 11) is 0. The van der Waals surface area contributed by atoms with Crippen molar-refractivity contribution in [3.05, 3.63) is 87.1 Å². The predicted octanol–water partition coefficient (Wildman–Crippen LogP) is 5.77. The van der Waals surface area contributed by atoms with E-state index in [1.165, 1.54) is 16.2 Å². The van der Waals surface area contributed by atoms with Crippen molar-refractivity contribution in [1.29, 1.82) is 5.26 Å². The fourth-order valence-corrected chi connectivity index (χ4v) is 4.92. The molecular weight excluding hydrogens is 448 g/mol. The number of thiophene rings is 1. The van der Waals surface area contributed by atoms with Crippen molar-refractivity contribution in [2.45, 2.75) is 32.7 Å². The molecule has 1 atom stereocenters. The second-order valence-corrected chi connectivity index (χ2v) is 9.16. The highest BCUT2D eigenvalue weighted by Crippen LogP contribution is 2.44. The van der Waals surface area contributed by atoms with Gasteiger partial charge in [0.2, 0.25) is 0 Å². The lowest BCUT2D eigenvalue weighted by atomic mass is 9.95. The van der Waals surface area contributed by atoms with Crippen LogP contribution in [0.3, 0.4) is 0 Å². The number of anilines is 1. The molecule has 1 unspecified atom stereocenters. The molecule has 0 spiro atoms. The summed E-state index contributed by atoms with van der Waals surface area (Å²) in [4.78, 5) is 28.6. The monoisotopic (exact) mass is 472 g/mol. The Labute approximate surface area is 202 Å². The van der Waals surface area contributed by atoms with Crippen LogP contribution < -0.4 is 9.64 Å². The molecule has 1 saturated heterocycles. The van der Waals surface area contributed by atoms with Gasteiger partial charge in [-0.1, -0.05) is 19.9 Å². The molecule has 1 N–H and O–H groups in total. The zero-order valence-corrected chi connectivity index (χ0v) is 19.9. The molecule has 1 aliphatic heterocycles. The van der Waals surface area contributed by atoms with Crippen molar-refractivity contribution in [3.8, 4) is 11.8 Å². The number of hydrogen-bond acceptors (Lipinski definition) is 6. The third kappa shape index (κ3) is 4.09. The molecule has 3 aromatic rings. The number of carbonyl (C=O) groups excluding carboxylic acids is 2. The highest BCUT2D eigenvalue weighted by molar-refractivity contribution is 7.10. The highest BCUT2D eigenvalue weighted by Gasteiger charge is 2.47. The van der Waals surface area contributed by atoms with Crippen LogP contribution in [0.15, 0.2) is 65.6 Å². The number of rotatable bonds is 6. The Kier molecular flexibility index (Phi) is 6.53. The summed E-state index contributed by atoms with van der Waals surface area (Å²) in [6.45, 7) is 6.47. The minimum atomic E-state index is -0.776. The summed E-state index contributed by atoms with van der Waals surface area (Å²) in [6, 6.07) is 16.7. The van der Waals surface area contributed by atoms with E-state index < -0.39 is 17.7 Å². The normalized spacial score (nSPS) is 17.3. The lowest BCUT2D eigenvalue weighted by molar-refractivity contribution is -0.132. The van der Waals surface area contributed by atoms with Crippen molar-refractivity contribution in [1.82, 2.24) is 0 Å². The zero-order chi connectivity index (χ0) is 24.4. The molecule has 0 saturated carbocycles. The van der Waals surface area contributed by atoms with Gasteiger partial charge in [0, 0.05) is 16.1 Å². The van der Waals surface area contributed by atoms with Gasteiger partial charge in [0.15, 0.2) is 0 Å². The first-order chi connectivity index (χ1) is 16.4. The van der Waals surface area contributed by atoms with Crippen molar-refractivity contribution in [3.63, 3.8) is 0 Å². The number of amides is 1. The van der Waals surface area contributed by atoms with Crippen molar-refractivity contribution in [2.75, 3.05) is 11.5 Å². The van der Waals surface area contributed by atoms with E-state index in [4.69, 9.17) is 10.00 Å². The van der Waals surface area contributed by atoms with Gasteiger partial charge in [-0.25, -0.2) is 0 Å². The molecule has 7 heteroatoms. The van der Waals surface area contributed by atoms with Crippen LogP contribution in [0, 0.1) is 11.3 Å². The summed E-state index contributed by atoms with van der Waals surface area (Å²) in [5.41, 5.74) is 2.32. The number of carbonyl (C=O) groups is 2. The van der Waals surface area contributed by atoms with Crippen LogP contribution in [0.2, 0.25) is 0 Å². The first-order valence-corrected chi connectivity index (χ1v) is 11.9. The number of aliphatic hydroxyl groups excluding tert-OH is 1. The van der Waals surface area contributed by atoms with Gasteiger partial charge in [-0.3, -0.25) is 14.5 Å². The highest BCUT2D eigenvalue weighted by atomic mass is 32.1. The van der Waals surface area contributed by atoms with E-state index in [1.807, 2.05) is 44.4 Å². The maximum atomic E-state index is 13.2. The minimum Gasteiger partial charge on any atom is -0.507 e. The van der Waals surface area contributed by atoms with E-state index in [-0.39, 0.29) is 17.3 Å². The number of Topliss-reactive ketones (excluding diaryl/α,β-unsaturated/α-hetero) is 1. The molecule has 2 aromatic carbocycles. The van der Waals surface area contributed by atoms with Gasteiger partial charge < -0.3 is 9.84 Å². The fraction of sp³-hybridized carbons (Fsp3) is 0.222. The van der Waals surface area contributed by atoms with E-state index >= 15 is 0 Å². The first-order valence-electron chi connectivity index (χ1n) is 11.0. The summed E-state index contributed by atoms with van der Waals surface area (Å²) in [5, 5.41) is 22.3. The third-order valence-electron chi connectivity index (χ3n) is 5.74. The molecule has 0 radical (unpaired) electrons. The van der Waals surface area contributed by atoms with Gasteiger partial charge in [0.1, 0.15) is 17.6 Å². The molecule has 34 heavy (non-hydrogen) atoms. The van der Waals surface area contributed by atoms with Crippen LogP contribution >= 0.6 is 11.3 Å². The lowest BCUT2D eigenvalue weighted by Crippen LogP contribution is -2.29. The zero-order valence-electron chi connectivity index (χ0n) is 19.1. The molecule has 1 fully saturated rings. The molecule has 1 aromatic heterocycles. The second kappa shape index (κ2) is 9.54. The first kappa shape index (κ1) is 23.3. The van der Waals surface area contributed by atoms with Gasteiger partial charge >= 0.3 is 0 Å². The smallest absolute Gasteiger partial charge is 0.300 e. The van der Waals surface area contributed by atoms with Crippen molar-refractivity contribution in [2.24, 2.45) is 0 Å². The topological polar surface area (TPSA) is 90.6 Å². The van der Waals surface area contributed by atoms with Gasteiger partial charge in [-0.05, 0) is 72.3 Å². The molecular formula is C27H24N2O4S. The average molecular weight is 473 g/mol. The minimum absolute atomic E-state index is 0.0377. The Morgan fingerprint density at radius 2 is 1.91 bits per heavy atom. The number of benzene rings is 2. The molecule has 1 aliphatic rings. The summed E-state index contributed by atoms with van der Waals surface area (Å²) < 4.78 is 5.72. The van der Waals surface area contributed by atoms with Crippen molar-refractivity contribution < 1.29 is 19.4 Å². The van der Waals surface area contributed by atoms with Crippen LogP contribution in [-0.4, -0.2) is 23.4 Å². The van der Waals surface area contributed by atoms with E-state index in [0.717, 1.165) is 16.2 Å². The lowest BCUT2D eigenvalue weighted by Gasteiger charge is -2.24. The SMILES string of the molecule is CCOc1ccc(/C(O)=C2/C(=O)C(=O)N(c3ccc(C#N)cc3)C2c2cccs2)cc1C(C)C. The number of ketones is 1. The van der Waals surface area contributed by atoms with E-state index in [0.29, 0.717) is 23.4 Å². The summed E-state index contributed by atoms with van der Waals surface area (Å²) >= 11 is 1.40. The molecule has 6 nitrogen and oxygen atoms in total. The third-order valence-corrected chi connectivity index (χ3v) is 6.66. The van der Waals surface area contributed by atoms with Gasteiger partial charge in [0.05, 0.1) is 23.8 Å². The molecule has 172 valence electrons. The van der Waals surface area contributed by atoms with Gasteiger partial charge in [-0.2, -0.15) is 5.26 Å². The molecule has 2 heterocycles. The Morgan fingerprint density at radius 1 is 1.18 bits per heavy atom. The average Bonchev–Trinajstić information content (AvgIpc) is 3.46. The van der Waals surface area contributed by atoms with Crippen LogP contribution in [0.5, 0.6) is 5.75 Å². The molecule has 4 rings (SSSR count). The molecule has 0 bridgehead atoms. The number of nitriles is 1. The van der Waals surface area contributed by atoms with E-state index in [2.05, 4.69) is 6.07 Å². The number of aliphatic hydroxyl groups is 1. The Bertz CT molecular complexity index is 1300. The quantitative estimate of drug-likeness (QED) is 0.279. The van der Waals surface area contributed by atoms with Gasteiger partial charge in [-0.15, -0.1) is 11.3 Å². The van der Waals surface area contributed by atoms with Crippen LogP contribution in [0.4, 0.5) is 5.69 Å². The summed E-state index contributed by atoms with van der Waals surface area (Å²) in [6.07, 6.45) is 0. The maximum Gasteiger partial charge on any atom is 0.300 e. The Hall–Kier alpha value is -3.89. The second-order valence-electron chi connectivity index (χ2n) is 8.18. The Morgan fingerprint density at radius 3 is 2.50 bits per heavy atom. The van der Waals surface area contributed by atoms with Crippen molar-refractivity contribution >= 4 is 34.5 Å². The number of hydrogen-bond donors (Lipinski definition) is 1. The maximum absolute atomic E-state index is 13.2. The molecule has 0 aliphatic carbocycles. The largest absolute Gasteiger partial charge is 0.507 e. The van der Waals surface area contributed by atoms with E-state index in [1.54, 1.807) is 36.4 Å². The van der Waals surface area contributed by atoms with Crippen LogP contribution in [0.1, 0.15) is 54.3 Å². The predicted molar refractivity (Wildman–Crippen MR) is 132 cm³/mol. The van der Waals surface area contributed by atoms with Gasteiger partial charge in [0.25, 0.3) is 11.7 Å². The molecule has 1 amide bonds. The number of ether oxygens (including phenoxy) is 1. The summed E-state index contributed by atoms with van der Waals surface area (Å²) in [5.74, 6) is -0.844. The van der Waals surface area contributed by atoms with Crippen LogP contribution in [0.25, 0.3) is 5.76 Å². The standard InChI is InChI=1S/C27H24N2O4S/c1-4-33-21-12-9-18(14-20(21)16(2)3)25(30)23-24(22-6-5-13-34-22)29(27(32)26(23)31)19-10-7-17(15-28)8-11-19/h5-14,16,24,30H,4H2,1-3H3/b25-23-. The van der Waals surface area contributed by atoms with E-state index in [9.17, 15) is 14.7 Å².